The van der Waals surface area contributed by atoms with E-state index in [-0.39, 0.29) is 17.0 Å². The zero-order valence-corrected chi connectivity index (χ0v) is 14.1. The van der Waals surface area contributed by atoms with Crippen LogP contribution in [0.3, 0.4) is 0 Å². The fourth-order valence-electron chi connectivity index (χ4n) is 2.14. The third-order valence-corrected chi connectivity index (χ3v) is 3.53. The molecule has 9 heteroatoms. The van der Waals surface area contributed by atoms with Crippen molar-refractivity contribution in [1.29, 1.82) is 0 Å². The number of carbonyl (C=O) groups excluding carboxylic acids is 2. The summed E-state index contributed by atoms with van der Waals surface area (Å²) in [6.45, 7) is -2.20. The maximum Gasteiger partial charge on any atom is 0.406 e. The van der Waals surface area contributed by atoms with Gasteiger partial charge in [0, 0.05) is 10.7 Å². The van der Waals surface area contributed by atoms with E-state index in [0.717, 1.165) is 0 Å². The Bertz CT molecular complexity index is 795. The summed E-state index contributed by atoms with van der Waals surface area (Å²) >= 11 is 5.72. The third kappa shape index (κ3) is 5.38. The van der Waals surface area contributed by atoms with E-state index in [1.165, 1.54) is 36.4 Å². The second kappa shape index (κ2) is 8.09. The molecule has 0 aliphatic carbocycles. The van der Waals surface area contributed by atoms with E-state index in [0.29, 0.717) is 9.92 Å². The van der Waals surface area contributed by atoms with Gasteiger partial charge in [0.1, 0.15) is 12.3 Å². The number of para-hydroxylation sites is 1. The minimum absolute atomic E-state index is 0.0106. The molecule has 2 amide bonds. The van der Waals surface area contributed by atoms with E-state index in [9.17, 15) is 22.8 Å². The van der Waals surface area contributed by atoms with Crippen molar-refractivity contribution in [3.63, 3.8) is 0 Å². The lowest BCUT2D eigenvalue weighted by molar-refractivity contribution is -0.133. The molecule has 2 aromatic rings. The first-order valence-corrected chi connectivity index (χ1v) is 7.69. The van der Waals surface area contributed by atoms with Crippen LogP contribution in [0.5, 0.6) is 5.75 Å². The molecule has 0 saturated heterocycles. The van der Waals surface area contributed by atoms with Crippen LogP contribution in [0.2, 0.25) is 5.02 Å². The van der Waals surface area contributed by atoms with E-state index in [1.54, 1.807) is 12.1 Å². The number of primary amides is 1. The van der Waals surface area contributed by atoms with Crippen LogP contribution in [-0.4, -0.2) is 31.1 Å². The maximum absolute atomic E-state index is 12.8. The van der Waals surface area contributed by atoms with Gasteiger partial charge < -0.3 is 15.4 Å². The summed E-state index contributed by atoms with van der Waals surface area (Å²) in [4.78, 5) is 24.2. The summed E-state index contributed by atoms with van der Waals surface area (Å²) in [6.07, 6.45) is -4.61. The highest BCUT2D eigenvalue weighted by Gasteiger charge is 2.34. The van der Waals surface area contributed by atoms with E-state index >= 15 is 0 Å². The summed E-state index contributed by atoms with van der Waals surface area (Å²) in [5.74, 6) is -1.71. The van der Waals surface area contributed by atoms with Crippen LogP contribution in [0.15, 0.2) is 48.5 Å². The Hall–Kier alpha value is -2.74. The zero-order chi connectivity index (χ0) is 19.3. The Morgan fingerprint density at radius 2 is 1.69 bits per heavy atom. The lowest BCUT2D eigenvalue weighted by Gasteiger charge is -2.24. The molecular formula is C17H14ClF3N2O3. The standard InChI is InChI=1S/C17H14ClF3N2O3/c18-11-5-7-12(8-6-11)23(10-17(19,20)21)15(24)9-26-14-4-2-1-3-13(14)16(22)25/h1-8H,9-10H2,(H2,22,25). The molecule has 0 bridgehead atoms. The minimum Gasteiger partial charge on any atom is -0.483 e. The van der Waals surface area contributed by atoms with Gasteiger partial charge in [0.25, 0.3) is 11.8 Å². The van der Waals surface area contributed by atoms with E-state index < -0.39 is 31.1 Å². The lowest BCUT2D eigenvalue weighted by atomic mass is 10.2. The largest absolute Gasteiger partial charge is 0.483 e. The number of benzene rings is 2. The normalized spacial score (nSPS) is 11.1. The molecule has 0 aromatic heterocycles. The van der Waals surface area contributed by atoms with Crippen LogP contribution in [0, 0.1) is 0 Å². The van der Waals surface area contributed by atoms with Gasteiger partial charge in [0.05, 0.1) is 5.56 Å². The number of anilines is 1. The van der Waals surface area contributed by atoms with Gasteiger partial charge in [-0.1, -0.05) is 23.7 Å². The molecule has 0 radical (unpaired) electrons. The van der Waals surface area contributed by atoms with Gasteiger partial charge in [-0.15, -0.1) is 0 Å². The average molecular weight is 387 g/mol. The molecule has 0 fully saturated rings. The Kier molecular flexibility index (Phi) is 6.10. The number of amides is 2. The first kappa shape index (κ1) is 19.6. The van der Waals surface area contributed by atoms with Crippen LogP contribution >= 0.6 is 11.6 Å². The van der Waals surface area contributed by atoms with E-state index in [1.807, 2.05) is 0 Å². The Morgan fingerprint density at radius 3 is 2.27 bits per heavy atom. The molecule has 2 aromatic carbocycles. The molecule has 0 atom stereocenters. The molecule has 0 aliphatic heterocycles. The van der Waals surface area contributed by atoms with Gasteiger partial charge in [-0.05, 0) is 36.4 Å². The smallest absolute Gasteiger partial charge is 0.406 e. The summed E-state index contributed by atoms with van der Waals surface area (Å²) in [7, 11) is 0. The number of alkyl halides is 3. The van der Waals surface area contributed by atoms with Crippen molar-refractivity contribution in [3.05, 3.63) is 59.1 Å². The zero-order valence-electron chi connectivity index (χ0n) is 13.3. The number of carbonyl (C=O) groups is 2. The van der Waals surface area contributed by atoms with Gasteiger partial charge in [-0.25, -0.2) is 0 Å². The lowest BCUT2D eigenvalue weighted by Crippen LogP contribution is -2.41. The molecule has 2 N–H and O–H groups in total. The molecule has 5 nitrogen and oxygen atoms in total. The minimum atomic E-state index is -4.61. The van der Waals surface area contributed by atoms with Gasteiger partial charge >= 0.3 is 6.18 Å². The van der Waals surface area contributed by atoms with Crippen molar-refractivity contribution in [3.8, 4) is 5.75 Å². The molecule has 0 saturated carbocycles. The van der Waals surface area contributed by atoms with Gasteiger partial charge in [-0.2, -0.15) is 13.2 Å². The molecule has 2 rings (SSSR count). The number of ether oxygens (including phenoxy) is 1. The van der Waals surface area contributed by atoms with Gasteiger partial charge in [0.2, 0.25) is 0 Å². The Morgan fingerprint density at radius 1 is 1.08 bits per heavy atom. The molecule has 138 valence electrons. The van der Waals surface area contributed by atoms with Crippen molar-refractivity contribution >= 4 is 29.1 Å². The quantitative estimate of drug-likeness (QED) is 0.826. The van der Waals surface area contributed by atoms with E-state index in [2.05, 4.69) is 0 Å². The van der Waals surface area contributed by atoms with Crippen LogP contribution < -0.4 is 15.4 Å². The molecule has 0 spiro atoms. The van der Waals surface area contributed by atoms with Crippen molar-refractivity contribution < 1.29 is 27.5 Å². The fourth-order valence-corrected chi connectivity index (χ4v) is 2.26. The van der Waals surface area contributed by atoms with E-state index in [4.69, 9.17) is 22.1 Å². The highest BCUT2D eigenvalue weighted by molar-refractivity contribution is 6.30. The molecule has 26 heavy (non-hydrogen) atoms. The molecular weight excluding hydrogens is 373 g/mol. The Balaban J connectivity index is 2.19. The summed E-state index contributed by atoms with van der Waals surface area (Å²) in [5.41, 5.74) is 5.23. The summed E-state index contributed by atoms with van der Waals surface area (Å²) in [5, 5.41) is 0.319. The number of hydrogen-bond acceptors (Lipinski definition) is 3. The Labute approximate surface area is 152 Å². The van der Waals surface area contributed by atoms with Crippen molar-refractivity contribution in [2.45, 2.75) is 6.18 Å². The predicted octanol–water partition coefficient (Wildman–Crippen LogP) is 3.41. The number of nitrogens with zero attached hydrogens (tertiary/aromatic N) is 1. The number of halogens is 4. The third-order valence-electron chi connectivity index (χ3n) is 3.28. The average Bonchev–Trinajstić information content (AvgIpc) is 2.58. The molecule has 0 unspecified atom stereocenters. The summed E-state index contributed by atoms with van der Waals surface area (Å²) < 4.78 is 43.7. The highest BCUT2D eigenvalue weighted by Crippen LogP contribution is 2.24. The number of rotatable bonds is 6. The predicted molar refractivity (Wildman–Crippen MR) is 90.3 cm³/mol. The highest BCUT2D eigenvalue weighted by atomic mass is 35.5. The SMILES string of the molecule is NC(=O)c1ccccc1OCC(=O)N(CC(F)(F)F)c1ccc(Cl)cc1. The second-order valence-electron chi connectivity index (χ2n) is 5.22. The first-order chi connectivity index (χ1) is 12.2. The number of nitrogens with two attached hydrogens (primary N) is 1. The summed E-state index contributed by atoms with van der Waals surface area (Å²) in [6, 6.07) is 11.2. The molecule has 0 aliphatic rings. The second-order valence-corrected chi connectivity index (χ2v) is 5.66. The topological polar surface area (TPSA) is 72.6 Å². The van der Waals surface area contributed by atoms with Crippen molar-refractivity contribution in [2.24, 2.45) is 5.73 Å². The van der Waals surface area contributed by atoms with Crippen LogP contribution in [-0.2, 0) is 4.79 Å². The number of hydrogen-bond donors (Lipinski definition) is 1. The van der Waals surface area contributed by atoms with Gasteiger partial charge in [-0.3, -0.25) is 9.59 Å². The van der Waals surface area contributed by atoms with Crippen LogP contribution in [0.25, 0.3) is 0 Å². The maximum atomic E-state index is 12.8. The van der Waals surface area contributed by atoms with Crippen LogP contribution in [0.4, 0.5) is 18.9 Å². The molecule has 0 heterocycles. The monoisotopic (exact) mass is 386 g/mol. The van der Waals surface area contributed by atoms with Gasteiger partial charge in [0.15, 0.2) is 6.61 Å². The van der Waals surface area contributed by atoms with Crippen LogP contribution in [0.1, 0.15) is 10.4 Å². The fraction of sp³-hybridized carbons (Fsp3) is 0.176. The van der Waals surface area contributed by atoms with Crippen molar-refractivity contribution in [2.75, 3.05) is 18.1 Å². The first-order valence-electron chi connectivity index (χ1n) is 7.31. The van der Waals surface area contributed by atoms with Crippen molar-refractivity contribution in [1.82, 2.24) is 0 Å².